The van der Waals surface area contributed by atoms with Crippen molar-refractivity contribution in [1.82, 2.24) is 15.2 Å². The lowest BCUT2D eigenvalue weighted by molar-refractivity contribution is -0.120. The Morgan fingerprint density at radius 2 is 1.89 bits per heavy atom. The number of hydrogen-bond acceptors (Lipinski definition) is 4. The molecule has 0 radical (unpaired) electrons. The zero-order valence-electron chi connectivity index (χ0n) is 20.2. The van der Waals surface area contributed by atoms with Crippen LogP contribution >= 0.6 is 0 Å². The number of carbonyl (C=O) groups is 3. The average Bonchev–Trinajstić information content (AvgIpc) is 3.34. The van der Waals surface area contributed by atoms with E-state index in [0.29, 0.717) is 37.2 Å². The Bertz CT molecular complexity index is 1300. The molecule has 0 unspecified atom stereocenters. The molecule has 3 heterocycles. The van der Waals surface area contributed by atoms with Crippen molar-refractivity contribution in [3.05, 3.63) is 65.4 Å². The van der Waals surface area contributed by atoms with Crippen molar-refractivity contribution in [1.29, 1.82) is 0 Å². The molecule has 1 saturated heterocycles. The quantitative estimate of drug-likeness (QED) is 0.397. The van der Waals surface area contributed by atoms with E-state index in [9.17, 15) is 14.4 Å². The molecule has 1 aromatic heterocycles. The number of nitrogens with one attached hydrogen (secondary N) is 2. The van der Waals surface area contributed by atoms with Gasteiger partial charge in [0.05, 0.1) is 23.4 Å². The molecule has 2 atom stereocenters. The van der Waals surface area contributed by atoms with Crippen molar-refractivity contribution in [3.63, 3.8) is 0 Å². The van der Waals surface area contributed by atoms with Crippen molar-refractivity contribution < 1.29 is 19.1 Å². The van der Waals surface area contributed by atoms with Crippen LogP contribution in [0.15, 0.2) is 48.5 Å². The number of fused-ring (bicyclic) bond motifs is 4. The molecule has 0 aliphatic carbocycles. The molecule has 8 nitrogen and oxygen atoms in total. The smallest absolute Gasteiger partial charge is 0.332 e. The Morgan fingerprint density at radius 1 is 1.14 bits per heavy atom. The maximum Gasteiger partial charge on any atom is 0.332 e. The van der Waals surface area contributed by atoms with Crippen LogP contribution in [0.2, 0.25) is 0 Å². The molecule has 2 N–H and O–H groups in total. The summed E-state index contributed by atoms with van der Waals surface area (Å²) in [6.07, 6.45) is 1.25. The Morgan fingerprint density at radius 3 is 2.69 bits per heavy atom. The average molecular weight is 475 g/mol. The number of ether oxygens (including phenoxy) is 1. The molecule has 4 amide bonds. The highest BCUT2D eigenvalue weighted by Gasteiger charge is 2.52. The molecule has 2 aliphatic heterocycles. The number of H-pyrrole nitrogens is 1. The van der Waals surface area contributed by atoms with E-state index in [-0.39, 0.29) is 24.0 Å². The summed E-state index contributed by atoms with van der Waals surface area (Å²) in [5, 5.41) is 3.96. The molecule has 5 rings (SSSR count). The minimum absolute atomic E-state index is 0.138. The lowest BCUT2D eigenvalue weighted by Crippen LogP contribution is -2.42. The molecule has 0 saturated carbocycles. The van der Waals surface area contributed by atoms with Gasteiger partial charge in [0.1, 0.15) is 6.04 Å². The van der Waals surface area contributed by atoms with E-state index in [1.54, 1.807) is 29.2 Å². The van der Waals surface area contributed by atoms with Gasteiger partial charge in [0.2, 0.25) is 0 Å². The Kier molecular flexibility index (Phi) is 6.06. The maximum atomic E-state index is 13.6. The highest BCUT2D eigenvalue weighted by atomic mass is 16.5. The minimum Gasteiger partial charge on any atom is -0.379 e. The van der Waals surface area contributed by atoms with Crippen LogP contribution in [-0.2, 0) is 16.0 Å². The minimum atomic E-state index is -0.603. The molecule has 2 aromatic carbocycles. The van der Waals surface area contributed by atoms with Gasteiger partial charge in [-0.1, -0.05) is 30.3 Å². The summed E-state index contributed by atoms with van der Waals surface area (Å²) >= 11 is 0. The number of nitrogens with zero attached hydrogens (tertiary/aromatic N) is 2. The topological polar surface area (TPSA) is 94.7 Å². The number of urea groups is 1. The molecular formula is C27H30N4O4. The first-order valence-corrected chi connectivity index (χ1v) is 12.1. The van der Waals surface area contributed by atoms with E-state index >= 15 is 0 Å². The first-order chi connectivity index (χ1) is 16.9. The molecule has 3 aromatic rings. The summed E-state index contributed by atoms with van der Waals surface area (Å²) in [4.78, 5) is 46.4. The SMILES string of the molecule is CC(C)OCCCNC(=O)c1ccccc1N1C(=O)[C@@H]2Cc3c([nH]c4ccccc34)[C@@H](C)N2C1=O. The van der Waals surface area contributed by atoms with Crippen LogP contribution in [0.3, 0.4) is 0 Å². The van der Waals surface area contributed by atoms with Crippen LogP contribution in [0, 0.1) is 0 Å². The first kappa shape index (κ1) is 23.1. The van der Waals surface area contributed by atoms with Gasteiger partial charge in [-0.2, -0.15) is 0 Å². The second-order valence-electron chi connectivity index (χ2n) is 9.37. The predicted octanol–water partition coefficient (Wildman–Crippen LogP) is 4.17. The molecular weight excluding hydrogens is 444 g/mol. The number of amides is 4. The lowest BCUT2D eigenvalue weighted by atomic mass is 9.93. The Balaban J connectivity index is 1.39. The highest BCUT2D eigenvalue weighted by molar-refractivity contribution is 6.24. The second-order valence-corrected chi connectivity index (χ2v) is 9.37. The summed E-state index contributed by atoms with van der Waals surface area (Å²) in [5.74, 6) is -0.622. The normalized spacial score (nSPS) is 19.4. The van der Waals surface area contributed by atoms with Gasteiger partial charge in [-0.25, -0.2) is 9.69 Å². The predicted molar refractivity (Wildman–Crippen MR) is 133 cm³/mol. The van der Waals surface area contributed by atoms with E-state index in [2.05, 4.69) is 10.3 Å². The van der Waals surface area contributed by atoms with E-state index in [4.69, 9.17) is 4.74 Å². The van der Waals surface area contributed by atoms with Gasteiger partial charge in [-0.3, -0.25) is 9.59 Å². The third kappa shape index (κ3) is 3.97. The fourth-order valence-electron chi connectivity index (χ4n) is 5.13. The standard InChI is InChI=1S/C27H30N4O4/c1-16(2)35-14-8-13-28-25(32)19-10-5-7-12-22(19)31-26(33)23-15-20-18-9-4-6-11-21(18)29-24(20)17(3)30(23)27(31)34/h4-7,9-12,16-17,23,29H,8,13-15H2,1-3H3,(H,28,32)/t17-,23+/m1/s1. The van der Waals surface area contributed by atoms with E-state index < -0.39 is 12.1 Å². The Labute approximate surface area is 204 Å². The van der Waals surface area contributed by atoms with Crippen LogP contribution in [0.25, 0.3) is 10.9 Å². The number of para-hydroxylation sites is 2. The first-order valence-electron chi connectivity index (χ1n) is 12.1. The van der Waals surface area contributed by atoms with Gasteiger partial charge in [0, 0.05) is 36.2 Å². The summed E-state index contributed by atoms with van der Waals surface area (Å²) in [6, 6.07) is 13.5. The molecule has 8 heteroatoms. The van der Waals surface area contributed by atoms with Crippen LogP contribution in [0.5, 0.6) is 0 Å². The molecule has 0 spiro atoms. The zero-order valence-corrected chi connectivity index (χ0v) is 20.2. The summed E-state index contributed by atoms with van der Waals surface area (Å²) in [5.41, 5.74) is 3.65. The van der Waals surface area contributed by atoms with Crippen molar-refractivity contribution >= 4 is 34.4 Å². The lowest BCUT2D eigenvalue weighted by Gasteiger charge is -2.33. The second kappa shape index (κ2) is 9.19. The Hall–Kier alpha value is -3.65. The van der Waals surface area contributed by atoms with Gasteiger partial charge < -0.3 is 19.9 Å². The van der Waals surface area contributed by atoms with Crippen LogP contribution in [0.4, 0.5) is 10.5 Å². The van der Waals surface area contributed by atoms with Crippen molar-refractivity contribution in [2.75, 3.05) is 18.1 Å². The van der Waals surface area contributed by atoms with Gasteiger partial charge in [0.25, 0.3) is 11.8 Å². The highest BCUT2D eigenvalue weighted by Crippen LogP contribution is 2.42. The number of aromatic nitrogens is 1. The summed E-state index contributed by atoms with van der Waals surface area (Å²) in [7, 11) is 0. The maximum absolute atomic E-state index is 13.6. The van der Waals surface area contributed by atoms with Gasteiger partial charge in [0.15, 0.2) is 0 Å². The number of anilines is 1. The van der Waals surface area contributed by atoms with Crippen LogP contribution < -0.4 is 10.2 Å². The van der Waals surface area contributed by atoms with E-state index in [1.807, 2.05) is 45.0 Å². The fourth-order valence-corrected chi connectivity index (χ4v) is 5.13. The van der Waals surface area contributed by atoms with Gasteiger partial charge in [-0.15, -0.1) is 0 Å². The number of carbonyl (C=O) groups excluding carboxylic acids is 3. The molecule has 0 bridgehead atoms. The van der Waals surface area contributed by atoms with Crippen molar-refractivity contribution in [3.8, 4) is 0 Å². The van der Waals surface area contributed by atoms with Crippen LogP contribution in [0.1, 0.15) is 54.8 Å². The number of rotatable bonds is 7. The monoisotopic (exact) mass is 474 g/mol. The molecule has 182 valence electrons. The molecule has 1 fully saturated rings. The number of aromatic amines is 1. The van der Waals surface area contributed by atoms with Gasteiger partial charge >= 0.3 is 6.03 Å². The van der Waals surface area contributed by atoms with E-state index in [1.165, 1.54) is 4.90 Å². The van der Waals surface area contributed by atoms with Gasteiger partial charge in [-0.05, 0) is 51.0 Å². The fraction of sp³-hybridized carbons (Fsp3) is 0.370. The number of imide groups is 1. The third-order valence-electron chi connectivity index (χ3n) is 6.78. The summed E-state index contributed by atoms with van der Waals surface area (Å²) < 4.78 is 5.52. The number of hydrogen-bond donors (Lipinski definition) is 2. The molecule has 35 heavy (non-hydrogen) atoms. The largest absolute Gasteiger partial charge is 0.379 e. The van der Waals surface area contributed by atoms with Crippen LogP contribution in [-0.4, -0.2) is 53.0 Å². The third-order valence-corrected chi connectivity index (χ3v) is 6.78. The van der Waals surface area contributed by atoms with Crippen molar-refractivity contribution in [2.24, 2.45) is 0 Å². The molecule has 2 aliphatic rings. The zero-order chi connectivity index (χ0) is 24.7. The van der Waals surface area contributed by atoms with E-state index in [0.717, 1.165) is 22.2 Å². The van der Waals surface area contributed by atoms with Crippen molar-refractivity contribution in [2.45, 2.75) is 51.8 Å². The summed E-state index contributed by atoms with van der Waals surface area (Å²) in [6.45, 7) is 6.85. The number of benzene rings is 2.